The van der Waals surface area contributed by atoms with Crippen LogP contribution in [0.2, 0.25) is 0 Å². The van der Waals surface area contributed by atoms with E-state index in [0.717, 1.165) is 37.8 Å². The van der Waals surface area contributed by atoms with Gasteiger partial charge in [-0.05, 0) is 76.8 Å². The van der Waals surface area contributed by atoms with Gasteiger partial charge in [0.1, 0.15) is 5.25 Å². The summed E-state index contributed by atoms with van der Waals surface area (Å²) >= 11 is 2.09. The van der Waals surface area contributed by atoms with Crippen molar-refractivity contribution in [1.82, 2.24) is 0 Å². The Labute approximate surface area is 196 Å². The van der Waals surface area contributed by atoms with E-state index in [1.54, 1.807) is 0 Å². The second-order valence-electron chi connectivity index (χ2n) is 7.98. The molecule has 164 valence electrons. The summed E-state index contributed by atoms with van der Waals surface area (Å²) in [5.74, 6) is 0.723. The molecule has 0 aliphatic carbocycles. The Morgan fingerprint density at radius 3 is 2.74 bits per heavy atom. The molecule has 2 aliphatic rings. The number of ether oxygens (including phenoxy) is 2. The lowest BCUT2D eigenvalue weighted by atomic mass is 9.93. The smallest absolute Gasteiger partial charge is 0.171 e. The molecule has 2 aromatic carbocycles. The average Bonchev–Trinajstić information content (AvgIpc) is 3.28. The molecule has 2 heterocycles. The maximum absolute atomic E-state index is 12.4. The predicted octanol–water partition coefficient (Wildman–Crippen LogP) is 4.84. The molecule has 0 unspecified atom stereocenters. The Bertz CT molecular complexity index is 1150. The molecule has 4 rings (SSSR count). The van der Waals surface area contributed by atoms with Gasteiger partial charge in [0.2, 0.25) is 0 Å². The van der Waals surface area contributed by atoms with E-state index in [1.165, 1.54) is 7.11 Å². The first-order chi connectivity index (χ1) is 14.8. The van der Waals surface area contributed by atoms with Gasteiger partial charge in [-0.15, -0.1) is 0 Å². The van der Waals surface area contributed by atoms with Crippen molar-refractivity contribution in [3.8, 4) is 11.5 Å². The minimum Gasteiger partial charge on any atom is -0.504 e. The van der Waals surface area contributed by atoms with Crippen LogP contribution in [0.1, 0.15) is 30.9 Å². The molecule has 0 amide bonds. The van der Waals surface area contributed by atoms with E-state index >= 15 is 0 Å². The molecule has 1 fully saturated rings. The summed E-state index contributed by atoms with van der Waals surface area (Å²) in [7, 11) is -1.58. The number of aromatic hydroxyl groups is 1. The van der Waals surface area contributed by atoms with Crippen LogP contribution in [-0.4, -0.2) is 44.3 Å². The molecule has 0 saturated carbocycles. The summed E-state index contributed by atoms with van der Waals surface area (Å²) in [6, 6.07) is 13.9. The number of sulfone groups is 1. The van der Waals surface area contributed by atoms with Crippen molar-refractivity contribution in [2.24, 2.45) is 0 Å². The highest BCUT2D eigenvalue weighted by Gasteiger charge is 2.45. The molecule has 2 atom stereocenters. The number of hydrogen-bond acceptors (Lipinski definition) is 5. The van der Waals surface area contributed by atoms with Crippen molar-refractivity contribution >= 4 is 44.1 Å². The van der Waals surface area contributed by atoms with Gasteiger partial charge in [-0.2, -0.15) is 0 Å². The van der Waals surface area contributed by atoms with Crippen molar-refractivity contribution in [3.05, 3.63) is 68.3 Å². The normalized spacial score (nSPS) is 22.6. The Hall–Kier alpha value is -1.84. The van der Waals surface area contributed by atoms with Crippen LogP contribution < -0.4 is 4.74 Å². The monoisotopic (exact) mass is 552 g/mol. The van der Waals surface area contributed by atoms with Gasteiger partial charge in [0.25, 0.3) is 0 Å². The first kappa shape index (κ1) is 22.4. The first-order valence-electron chi connectivity index (χ1n) is 10.2. The van der Waals surface area contributed by atoms with E-state index in [9.17, 15) is 13.5 Å². The second-order valence-corrected chi connectivity index (χ2v) is 11.3. The Balaban J connectivity index is 1.63. The van der Waals surface area contributed by atoms with Gasteiger partial charge in [-0.1, -0.05) is 42.0 Å². The number of allylic oxidation sites excluding steroid dienone is 1. The van der Waals surface area contributed by atoms with Gasteiger partial charge in [0.15, 0.2) is 21.3 Å². The Morgan fingerprint density at radius 2 is 2.03 bits per heavy atom. The van der Waals surface area contributed by atoms with Crippen molar-refractivity contribution < 1.29 is 23.0 Å². The zero-order chi connectivity index (χ0) is 22.2. The van der Waals surface area contributed by atoms with E-state index in [4.69, 9.17) is 9.47 Å². The zero-order valence-corrected chi connectivity index (χ0v) is 20.4. The highest BCUT2D eigenvalue weighted by atomic mass is 127. The molecule has 2 aliphatic heterocycles. The SMILES string of the molecule is COc1cc(/C=C(/CC[C@H]2OC[C@H]3C2=C(C)CS3(=O)=O)c2ccccc2)cc(I)c1O. The fourth-order valence-corrected chi connectivity index (χ4v) is 7.06. The summed E-state index contributed by atoms with van der Waals surface area (Å²) in [4.78, 5) is 0. The van der Waals surface area contributed by atoms with E-state index in [2.05, 4.69) is 40.8 Å². The lowest BCUT2D eigenvalue weighted by Crippen LogP contribution is -2.19. The number of benzene rings is 2. The van der Waals surface area contributed by atoms with Crippen LogP contribution in [0, 0.1) is 3.57 Å². The first-order valence-corrected chi connectivity index (χ1v) is 12.9. The molecule has 5 nitrogen and oxygen atoms in total. The van der Waals surface area contributed by atoms with E-state index in [0.29, 0.717) is 12.2 Å². The minimum atomic E-state index is -3.11. The number of fused-ring (bicyclic) bond motifs is 1. The fraction of sp³-hybridized carbons (Fsp3) is 0.333. The highest BCUT2D eigenvalue weighted by molar-refractivity contribution is 14.1. The fourth-order valence-electron chi connectivity index (χ4n) is 4.43. The predicted molar refractivity (Wildman–Crippen MR) is 131 cm³/mol. The summed E-state index contributed by atoms with van der Waals surface area (Å²) in [6.45, 7) is 2.17. The van der Waals surface area contributed by atoms with Gasteiger partial charge in [0, 0.05) is 0 Å². The molecule has 31 heavy (non-hydrogen) atoms. The quantitative estimate of drug-likeness (QED) is 0.316. The van der Waals surface area contributed by atoms with Crippen molar-refractivity contribution in [2.45, 2.75) is 31.1 Å². The number of phenols is 1. The van der Waals surface area contributed by atoms with Crippen LogP contribution in [0.5, 0.6) is 11.5 Å². The van der Waals surface area contributed by atoms with Gasteiger partial charge in [-0.3, -0.25) is 0 Å². The van der Waals surface area contributed by atoms with Crippen molar-refractivity contribution in [2.75, 3.05) is 19.5 Å². The van der Waals surface area contributed by atoms with Gasteiger partial charge in [0.05, 0.1) is 29.1 Å². The van der Waals surface area contributed by atoms with Crippen molar-refractivity contribution in [3.63, 3.8) is 0 Å². The highest BCUT2D eigenvalue weighted by Crippen LogP contribution is 2.39. The summed E-state index contributed by atoms with van der Waals surface area (Å²) in [5.41, 5.74) is 5.06. The number of rotatable bonds is 6. The third-order valence-electron chi connectivity index (χ3n) is 5.92. The van der Waals surface area contributed by atoms with Crippen LogP contribution in [0.3, 0.4) is 0 Å². The molecule has 1 N–H and O–H groups in total. The van der Waals surface area contributed by atoms with Crippen LogP contribution >= 0.6 is 22.6 Å². The topological polar surface area (TPSA) is 72.8 Å². The van der Waals surface area contributed by atoms with Gasteiger partial charge >= 0.3 is 0 Å². The molecular formula is C24H25IO5S. The number of halogens is 1. The van der Waals surface area contributed by atoms with Crippen molar-refractivity contribution in [1.29, 1.82) is 0 Å². The Morgan fingerprint density at radius 1 is 1.29 bits per heavy atom. The molecular weight excluding hydrogens is 527 g/mol. The lowest BCUT2D eigenvalue weighted by molar-refractivity contribution is 0.118. The van der Waals surface area contributed by atoms with Crippen LogP contribution in [-0.2, 0) is 14.6 Å². The molecule has 0 aromatic heterocycles. The molecule has 0 bridgehead atoms. The minimum absolute atomic E-state index is 0.136. The summed E-state index contributed by atoms with van der Waals surface area (Å²) in [5, 5.41) is 9.68. The summed E-state index contributed by atoms with van der Waals surface area (Å²) < 4.78 is 36.6. The lowest BCUT2D eigenvalue weighted by Gasteiger charge is -2.15. The van der Waals surface area contributed by atoms with Gasteiger partial charge < -0.3 is 14.6 Å². The maximum Gasteiger partial charge on any atom is 0.171 e. The molecule has 2 aromatic rings. The average molecular weight is 552 g/mol. The largest absolute Gasteiger partial charge is 0.504 e. The second kappa shape index (κ2) is 8.96. The summed E-state index contributed by atoms with van der Waals surface area (Å²) in [6.07, 6.45) is 3.38. The van der Waals surface area contributed by atoms with E-state index in [1.807, 2.05) is 37.3 Å². The van der Waals surface area contributed by atoms with Crippen LogP contribution in [0.15, 0.2) is 53.6 Å². The number of phenolic OH excluding ortho intramolecular Hbond substituents is 1. The third kappa shape index (κ3) is 4.54. The number of hydrogen-bond donors (Lipinski definition) is 1. The van der Waals surface area contributed by atoms with E-state index < -0.39 is 15.1 Å². The van der Waals surface area contributed by atoms with Gasteiger partial charge in [-0.25, -0.2) is 8.42 Å². The maximum atomic E-state index is 12.4. The third-order valence-corrected chi connectivity index (χ3v) is 8.83. The van der Waals surface area contributed by atoms with E-state index in [-0.39, 0.29) is 24.2 Å². The Kier molecular flexibility index (Phi) is 6.46. The van der Waals surface area contributed by atoms with Crippen LogP contribution in [0.25, 0.3) is 11.6 Å². The molecule has 1 saturated heterocycles. The van der Waals surface area contributed by atoms with Crippen LogP contribution in [0.4, 0.5) is 0 Å². The molecule has 7 heteroatoms. The number of methoxy groups -OCH3 is 1. The molecule has 0 spiro atoms. The standard InChI is InChI=1S/C24H25IO5S/c1-15-14-31(27,28)22-13-30-20(23(15)22)9-8-18(17-6-4-3-5-7-17)10-16-11-19(25)24(26)21(12-16)29-2/h3-7,10-12,20,22,26H,8-9,13-14H2,1-2H3/b18-10-/t20-,22+/m1/s1. The zero-order valence-electron chi connectivity index (χ0n) is 17.5. The molecule has 0 radical (unpaired) electrons.